The molecule has 1 aromatic carbocycles. The number of aryl methyl sites for hydroxylation is 2. The van der Waals surface area contributed by atoms with Gasteiger partial charge in [-0.25, -0.2) is 0 Å². The van der Waals surface area contributed by atoms with Crippen LogP contribution < -0.4 is 10.2 Å². The number of benzene rings is 1. The Balaban J connectivity index is 1.55. The van der Waals surface area contributed by atoms with E-state index in [2.05, 4.69) is 15.5 Å². The minimum atomic E-state index is -0.0317. The Hall–Kier alpha value is -1.90. The number of rotatable bonds is 6. The molecule has 1 aliphatic rings. The van der Waals surface area contributed by atoms with Crippen LogP contribution in [0, 0.1) is 13.8 Å². The lowest BCUT2D eigenvalue weighted by Crippen LogP contribution is -3.12. The molecule has 0 spiro atoms. The van der Waals surface area contributed by atoms with Gasteiger partial charge in [-0.2, -0.15) is 0 Å². The number of hydrogen-bond acceptors (Lipinski definition) is 5. The normalized spacial score (nSPS) is 15.2. The van der Waals surface area contributed by atoms with E-state index in [9.17, 15) is 4.79 Å². The number of nitrogens with zero attached hydrogens (tertiary/aromatic N) is 3. The number of amides is 1. The van der Waals surface area contributed by atoms with Crippen molar-refractivity contribution in [1.29, 1.82) is 0 Å². The molecule has 0 radical (unpaired) electrons. The largest absolute Gasteiger partial charge is 0.370 e. The summed E-state index contributed by atoms with van der Waals surface area (Å²) in [5, 5.41) is 12.3. The van der Waals surface area contributed by atoms with Crippen LogP contribution in [-0.2, 0) is 23.1 Å². The number of ether oxygens (including phenoxy) is 1. The summed E-state index contributed by atoms with van der Waals surface area (Å²) in [7, 11) is 1.96. The number of morpholine rings is 1. The van der Waals surface area contributed by atoms with E-state index in [1.54, 1.807) is 0 Å². The van der Waals surface area contributed by atoms with Gasteiger partial charge in [0, 0.05) is 12.7 Å². The zero-order valence-corrected chi connectivity index (χ0v) is 16.4. The van der Waals surface area contributed by atoms with Crippen molar-refractivity contribution in [2.45, 2.75) is 25.5 Å². The Morgan fingerprint density at radius 1 is 1.27 bits per heavy atom. The van der Waals surface area contributed by atoms with Crippen LogP contribution >= 0.6 is 11.8 Å². The van der Waals surface area contributed by atoms with Crippen LogP contribution in [0.15, 0.2) is 23.4 Å². The molecule has 0 unspecified atom stereocenters. The van der Waals surface area contributed by atoms with Crippen LogP contribution in [0.5, 0.6) is 0 Å². The number of anilines is 1. The number of carbonyl (C=O) groups excluding carboxylic acids is 1. The molecule has 3 rings (SSSR count). The molecule has 8 heteroatoms. The molecule has 2 heterocycles. The monoisotopic (exact) mass is 376 g/mol. The topological polar surface area (TPSA) is 73.5 Å². The quantitative estimate of drug-likeness (QED) is 0.722. The Morgan fingerprint density at radius 2 is 1.96 bits per heavy atom. The third kappa shape index (κ3) is 4.63. The highest BCUT2D eigenvalue weighted by Crippen LogP contribution is 2.21. The summed E-state index contributed by atoms with van der Waals surface area (Å²) in [6.07, 6.45) is 0. The molecule has 0 saturated carbocycles. The van der Waals surface area contributed by atoms with Crippen LogP contribution in [0.25, 0.3) is 0 Å². The van der Waals surface area contributed by atoms with E-state index in [-0.39, 0.29) is 5.91 Å². The summed E-state index contributed by atoms with van der Waals surface area (Å²) in [6, 6.07) is 5.99. The van der Waals surface area contributed by atoms with Gasteiger partial charge in [0.25, 0.3) is 0 Å². The molecule has 1 aliphatic heterocycles. The third-order valence-electron chi connectivity index (χ3n) is 4.61. The molecule has 1 aromatic heterocycles. The number of thioether (sulfide) groups is 1. The molecule has 1 fully saturated rings. The Labute approximate surface area is 158 Å². The molecule has 2 aromatic rings. The van der Waals surface area contributed by atoms with Crippen molar-refractivity contribution in [1.82, 2.24) is 14.8 Å². The number of aromatic nitrogens is 3. The van der Waals surface area contributed by atoms with Crippen LogP contribution in [0.2, 0.25) is 0 Å². The molecule has 0 bridgehead atoms. The Kier molecular flexibility index (Phi) is 6.29. The van der Waals surface area contributed by atoms with Gasteiger partial charge < -0.3 is 19.5 Å². The number of nitrogens with one attached hydrogen (secondary N) is 2. The van der Waals surface area contributed by atoms with E-state index in [0.717, 1.165) is 60.6 Å². The van der Waals surface area contributed by atoms with Crippen molar-refractivity contribution < 1.29 is 14.4 Å². The second-order valence-corrected chi connectivity index (χ2v) is 7.54. The van der Waals surface area contributed by atoms with E-state index < -0.39 is 0 Å². The standard InChI is InChI=1S/C18H25N5O2S/c1-13-5-4-6-14(2)17(13)19-16(24)12-26-18-21-20-15(22(18)3)11-23-7-9-25-10-8-23/h4-6H,7-12H2,1-3H3,(H,19,24)/p+1. The van der Waals surface area contributed by atoms with Crippen LogP contribution in [0.3, 0.4) is 0 Å². The molecule has 0 atom stereocenters. The number of carbonyl (C=O) groups is 1. The summed E-state index contributed by atoms with van der Waals surface area (Å²) in [5.74, 6) is 1.22. The van der Waals surface area contributed by atoms with Gasteiger partial charge in [0.05, 0.1) is 19.0 Å². The lowest BCUT2D eigenvalue weighted by atomic mass is 10.1. The molecular weight excluding hydrogens is 350 g/mol. The SMILES string of the molecule is Cc1cccc(C)c1NC(=O)CSc1nnc(C[NH+]2CCOCC2)n1C. The van der Waals surface area contributed by atoms with Gasteiger partial charge in [-0.15, -0.1) is 10.2 Å². The van der Waals surface area contributed by atoms with E-state index in [1.807, 2.05) is 43.7 Å². The van der Waals surface area contributed by atoms with E-state index in [1.165, 1.54) is 16.7 Å². The molecule has 1 amide bonds. The summed E-state index contributed by atoms with van der Waals surface area (Å²) >= 11 is 1.41. The highest BCUT2D eigenvalue weighted by Gasteiger charge is 2.19. The lowest BCUT2D eigenvalue weighted by Gasteiger charge is -2.23. The highest BCUT2D eigenvalue weighted by atomic mass is 32.2. The fourth-order valence-corrected chi connectivity index (χ4v) is 3.73. The molecule has 1 saturated heterocycles. The zero-order valence-electron chi connectivity index (χ0n) is 15.5. The summed E-state index contributed by atoms with van der Waals surface area (Å²) in [4.78, 5) is 13.8. The summed E-state index contributed by atoms with van der Waals surface area (Å²) in [5.41, 5.74) is 3.03. The molecule has 7 nitrogen and oxygen atoms in total. The first kappa shape index (κ1) is 18.9. The predicted molar refractivity (Wildman–Crippen MR) is 101 cm³/mol. The van der Waals surface area contributed by atoms with Crippen molar-refractivity contribution in [3.63, 3.8) is 0 Å². The minimum absolute atomic E-state index is 0.0317. The van der Waals surface area contributed by atoms with Gasteiger partial charge in [0.2, 0.25) is 5.91 Å². The highest BCUT2D eigenvalue weighted by molar-refractivity contribution is 7.99. The average Bonchev–Trinajstić information content (AvgIpc) is 2.97. The van der Waals surface area contributed by atoms with E-state index in [0.29, 0.717) is 5.75 Å². The summed E-state index contributed by atoms with van der Waals surface area (Å²) in [6.45, 7) is 8.42. The van der Waals surface area contributed by atoms with Gasteiger partial charge in [-0.05, 0) is 25.0 Å². The van der Waals surface area contributed by atoms with Crippen LogP contribution in [0.4, 0.5) is 5.69 Å². The van der Waals surface area contributed by atoms with Crippen molar-refractivity contribution >= 4 is 23.4 Å². The van der Waals surface area contributed by atoms with Crippen LogP contribution in [-0.4, -0.2) is 52.7 Å². The van der Waals surface area contributed by atoms with E-state index in [4.69, 9.17) is 4.74 Å². The first-order valence-corrected chi connectivity index (χ1v) is 9.81. The first-order chi connectivity index (χ1) is 12.5. The Bertz CT molecular complexity index is 751. The van der Waals surface area contributed by atoms with Gasteiger partial charge in [0.15, 0.2) is 11.0 Å². The molecule has 140 valence electrons. The number of hydrogen-bond donors (Lipinski definition) is 2. The fraction of sp³-hybridized carbons (Fsp3) is 0.500. The zero-order chi connectivity index (χ0) is 18.5. The van der Waals surface area contributed by atoms with Crippen molar-refractivity contribution in [2.24, 2.45) is 7.05 Å². The maximum atomic E-state index is 12.3. The molecule has 2 N–H and O–H groups in total. The van der Waals surface area contributed by atoms with Crippen molar-refractivity contribution in [3.8, 4) is 0 Å². The molecule has 26 heavy (non-hydrogen) atoms. The van der Waals surface area contributed by atoms with E-state index >= 15 is 0 Å². The third-order valence-corrected chi connectivity index (χ3v) is 5.63. The first-order valence-electron chi connectivity index (χ1n) is 8.83. The van der Waals surface area contributed by atoms with Gasteiger partial charge in [0.1, 0.15) is 19.6 Å². The number of para-hydroxylation sites is 1. The van der Waals surface area contributed by atoms with Crippen molar-refractivity contribution in [3.05, 3.63) is 35.2 Å². The smallest absolute Gasteiger partial charge is 0.234 e. The van der Waals surface area contributed by atoms with Crippen molar-refractivity contribution in [2.75, 3.05) is 37.4 Å². The Morgan fingerprint density at radius 3 is 2.65 bits per heavy atom. The van der Waals surface area contributed by atoms with Gasteiger partial charge in [-0.1, -0.05) is 30.0 Å². The van der Waals surface area contributed by atoms with Gasteiger partial charge >= 0.3 is 0 Å². The summed E-state index contributed by atoms with van der Waals surface area (Å²) < 4.78 is 7.38. The van der Waals surface area contributed by atoms with Crippen LogP contribution in [0.1, 0.15) is 17.0 Å². The predicted octanol–water partition coefficient (Wildman–Crippen LogP) is 0.578. The fourth-order valence-electron chi connectivity index (χ4n) is 3.00. The lowest BCUT2D eigenvalue weighted by molar-refractivity contribution is -0.922. The average molecular weight is 377 g/mol. The second-order valence-electron chi connectivity index (χ2n) is 6.60. The maximum absolute atomic E-state index is 12.3. The number of quaternary nitrogens is 1. The maximum Gasteiger partial charge on any atom is 0.234 e. The minimum Gasteiger partial charge on any atom is -0.370 e. The molecule has 0 aliphatic carbocycles. The van der Waals surface area contributed by atoms with Gasteiger partial charge in [-0.3, -0.25) is 4.79 Å². The second kappa shape index (κ2) is 8.66. The molecular formula is C18H26N5O2S+.